The highest BCUT2D eigenvalue weighted by Gasteiger charge is 2.30. The topological polar surface area (TPSA) is 237 Å². The molecule has 0 heterocycles. The molecular formula is C80H156O17P2. The summed E-state index contributed by atoms with van der Waals surface area (Å²) in [5.74, 6) is -1.35. The number of carbonyl (C=O) groups is 4. The fourth-order valence-electron chi connectivity index (χ4n) is 12.4. The second-order valence-corrected chi connectivity index (χ2v) is 32.2. The molecule has 3 N–H and O–H groups in total. The van der Waals surface area contributed by atoms with E-state index >= 15 is 0 Å². The first-order valence-corrected chi connectivity index (χ1v) is 44.6. The molecule has 5 atom stereocenters. The van der Waals surface area contributed by atoms with Gasteiger partial charge in [-0.3, -0.25) is 37.3 Å². The van der Waals surface area contributed by atoms with E-state index in [1.54, 1.807) is 0 Å². The lowest BCUT2D eigenvalue weighted by Gasteiger charge is -2.21. The van der Waals surface area contributed by atoms with Crippen LogP contribution in [0.3, 0.4) is 0 Å². The van der Waals surface area contributed by atoms with E-state index in [1.165, 1.54) is 250 Å². The third-order valence-electron chi connectivity index (χ3n) is 18.8. The van der Waals surface area contributed by atoms with Crippen LogP contribution >= 0.6 is 15.6 Å². The standard InChI is InChI=1S/C80H156O17P2/c1-6-9-12-15-18-21-24-27-30-32-35-37-43-48-53-58-63-77(82)90-69-75(96-80(85)66-61-56-51-46-39-36-33-31-28-25-22-19-16-13-10-7-2)71-94-98(86,87)92-67-74(81)68-93-99(88,89)95-72-76(70-91-78(83)64-59-54-49-44-41-40-42-47-52-57-62-73(4)5)97-79(84)65-60-55-50-45-38-34-29-26-23-20-17-14-11-8-3/h73-76,81H,6-72H2,1-5H3,(H,86,87)(H,88,89)/t74-,75-,76-/m1/s1. The first kappa shape index (κ1) is 97.1. The molecule has 17 nitrogen and oxygen atoms in total. The van der Waals surface area contributed by atoms with Crippen molar-refractivity contribution in [2.24, 2.45) is 5.92 Å². The third-order valence-corrected chi connectivity index (χ3v) is 20.7. The lowest BCUT2D eigenvalue weighted by molar-refractivity contribution is -0.161. The maximum atomic E-state index is 13.1. The summed E-state index contributed by atoms with van der Waals surface area (Å²) in [6, 6.07) is 0. The lowest BCUT2D eigenvalue weighted by atomic mass is 10.0. The molecule has 2 unspecified atom stereocenters. The zero-order valence-corrected chi connectivity index (χ0v) is 66.4. The van der Waals surface area contributed by atoms with E-state index in [1.807, 2.05) is 0 Å². The van der Waals surface area contributed by atoms with Crippen molar-refractivity contribution in [3.63, 3.8) is 0 Å². The van der Waals surface area contributed by atoms with Crippen LogP contribution in [-0.2, 0) is 65.4 Å². The fourth-order valence-corrected chi connectivity index (χ4v) is 14.0. The van der Waals surface area contributed by atoms with Crippen molar-refractivity contribution in [2.75, 3.05) is 39.6 Å². The van der Waals surface area contributed by atoms with Gasteiger partial charge in [0.15, 0.2) is 12.2 Å². The van der Waals surface area contributed by atoms with Crippen LogP contribution in [0.1, 0.15) is 426 Å². The highest BCUT2D eigenvalue weighted by Crippen LogP contribution is 2.45. The molecule has 0 aliphatic rings. The maximum Gasteiger partial charge on any atom is 0.472 e. The summed E-state index contributed by atoms with van der Waals surface area (Å²) in [5, 5.41) is 10.6. The molecule has 0 aliphatic heterocycles. The molecule has 0 aliphatic carbocycles. The van der Waals surface area contributed by atoms with Gasteiger partial charge in [-0.05, 0) is 31.6 Å². The second-order valence-electron chi connectivity index (χ2n) is 29.3. The summed E-state index contributed by atoms with van der Waals surface area (Å²) in [6.07, 6.45) is 63.6. The molecule has 0 spiro atoms. The number of hydrogen-bond acceptors (Lipinski definition) is 15. The molecule has 0 bridgehead atoms. The van der Waals surface area contributed by atoms with Crippen LogP contribution in [0.4, 0.5) is 0 Å². The summed E-state index contributed by atoms with van der Waals surface area (Å²) in [4.78, 5) is 73.0. The molecule has 0 amide bonds. The van der Waals surface area contributed by atoms with Crippen molar-refractivity contribution >= 4 is 39.5 Å². The summed E-state index contributed by atoms with van der Waals surface area (Å²) in [6.45, 7) is 7.33. The SMILES string of the molecule is CCCCCCCCCCCCCCCCCCC(=O)OC[C@H](COP(=O)(O)OC[C@@H](O)COP(=O)(O)OC[C@@H](COC(=O)CCCCCCCCCCCCC(C)C)OC(=O)CCCCCCCCCCCCCCCC)OC(=O)CCCCCCCCCCCCCCCCCC. The van der Waals surface area contributed by atoms with Gasteiger partial charge in [-0.2, -0.15) is 0 Å². The van der Waals surface area contributed by atoms with E-state index in [9.17, 15) is 43.2 Å². The number of unbranched alkanes of at least 4 members (excludes halogenated alkanes) is 52. The van der Waals surface area contributed by atoms with Crippen LogP contribution in [0.2, 0.25) is 0 Å². The number of phosphoric acid groups is 2. The number of carbonyl (C=O) groups excluding carboxylic acids is 4. The van der Waals surface area contributed by atoms with Crippen LogP contribution in [0.5, 0.6) is 0 Å². The molecule has 0 aromatic heterocycles. The van der Waals surface area contributed by atoms with Gasteiger partial charge in [-0.25, -0.2) is 9.13 Å². The average molecular weight is 1450 g/mol. The van der Waals surface area contributed by atoms with E-state index in [4.69, 9.17) is 37.0 Å². The van der Waals surface area contributed by atoms with Crippen molar-refractivity contribution in [2.45, 2.75) is 445 Å². The van der Waals surface area contributed by atoms with Crippen molar-refractivity contribution in [3.8, 4) is 0 Å². The lowest BCUT2D eigenvalue weighted by Crippen LogP contribution is -2.30. The first-order valence-electron chi connectivity index (χ1n) is 41.6. The molecule has 0 radical (unpaired) electrons. The fraction of sp³-hybridized carbons (Fsp3) is 0.950. The van der Waals surface area contributed by atoms with Crippen LogP contribution in [0, 0.1) is 5.92 Å². The zero-order chi connectivity index (χ0) is 72.7. The molecule has 0 saturated carbocycles. The molecule has 0 fully saturated rings. The van der Waals surface area contributed by atoms with Crippen molar-refractivity contribution in [3.05, 3.63) is 0 Å². The highest BCUT2D eigenvalue weighted by molar-refractivity contribution is 7.47. The Bertz CT molecular complexity index is 1890. The van der Waals surface area contributed by atoms with Gasteiger partial charge >= 0.3 is 39.5 Å². The number of hydrogen-bond donors (Lipinski definition) is 3. The third kappa shape index (κ3) is 74.1. The summed E-state index contributed by atoms with van der Waals surface area (Å²) in [5.41, 5.74) is 0. The van der Waals surface area contributed by atoms with Gasteiger partial charge in [0.1, 0.15) is 19.3 Å². The second kappa shape index (κ2) is 73.0. The van der Waals surface area contributed by atoms with Gasteiger partial charge in [0.25, 0.3) is 0 Å². The molecule has 0 rings (SSSR count). The number of phosphoric ester groups is 2. The van der Waals surface area contributed by atoms with Crippen LogP contribution in [0.25, 0.3) is 0 Å². The Hall–Kier alpha value is -1.94. The Labute approximate surface area is 607 Å². The van der Waals surface area contributed by atoms with E-state index in [0.717, 1.165) is 95.8 Å². The smallest absolute Gasteiger partial charge is 0.462 e. The molecule has 0 aromatic carbocycles. The number of aliphatic hydroxyl groups is 1. The van der Waals surface area contributed by atoms with E-state index in [-0.39, 0.29) is 25.7 Å². The van der Waals surface area contributed by atoms with Crippen molar-refractivity contribution in [1.29, 1.82) is 0 Å². The van der Waals surface area contributed by atoms with Crippen LogP contribution < -0.4 is 0 Å². The number of ether oxygens (including phenoxy) is 4. The molecule has 588 valence electrons. The molecular weight excluding hydrogens is 1290 g/mol. The van der Waals surface area contributed by atoms with Crippen molar-refractivity contribution in [1.82, 2.24) is 0 Å². The maximum absolute atomic E-state index is 13.1. The normalized spacial score (nSPS) is 13.9. The Morgan fingerprint density at radius 1 is 0.273 bits per heavy atom. The molecule has 0 saturated heterocycles. The van der Waals surface area contributed by atoms with E-state index < -0.39 is 97.5 Å². The molecule has 99 heavy (non-hydrogen) atoms. The van der Waals surface area contributed by atoms with Crippen LogP contribution in [0.15, 0.2) is 0 Å². The average Bonchev–Trinajstić information content (AvgIpc) is 1.15. The first-order chi connectivity index (χ1) is 48.0. The van der Waals surface area contributed by atoms with Gasteiger partial charge in [0.05, 0.1) is 26.4 Å². The summed E-state index contributed by atoms with van der Waals surface area (Å²) >= 11 is 0. The zero-order valence-electron chi connectivity index (χ0n) is 64.6. The highest BCUT2D eigenvalue weighted by atomic mass is 31.2. The largest absolute Gasteiger partial charge is 0.472 e. The molecule has 0 aromatic rings. The van der Waals surface area contributed by atoms with E-state index in [2.05, 4.69) is 34.6 Å². The Kier molecular flexibility index (Phi) is 71.6. The van der Waals surface area contributed by atoms with Crippen molar-refractivity contribution < 1.29 is 80.2 Å². The predicted molar refractivity (Wildman–Crippen MR) is 405 cm³/mol. The summed E-state index contributed by atoms with van der Waals surface area (Å²) in [7, 11) is -9.92. The Balaban J connectivity index is 5.27. The minimum absolute atomic E-state index is 0.108. The monoisotopic (exact) mass is 1450 g/mol. The number of aliphatic hydroxyl groups excluding tert-OH is 1. The van der Waals surface area contributed by atoms with Gasteiger partial charge in [-0.1, -0.05) is 375 Å². The summed E-state index contributed by atoms with van der Waals surface area (Å²) < 4.78 is 68.7. The van der Waals surface area contributed by atoms with Gasteiger partial charge in [0.2, 0.25) is 0 Å². The van der Waals surface area contributed by atoms with Gasteiger partial charge in [0, 0.05) is 25.7 Å². The Morgan fingerprint density at radius 2 is 0.465 bits per heavy atom. The Morgan fingerprint density at radius 3 is 0.687 bits per heavy atom. The molecule has 19 heteroatoms. The van der Waals surface area contributed by atoms with E-state index in [0.29, 0.717) is 25.7 Å². The van der Waals surface area contributed by atoms with Gasteiger partial charge in [-0.15, -0.1) is 0 Å². The minimum Gasteiger partial charge on any atom is -0.462 e. The quantitative estimate of drug-likeness (QED) is 0.0222. The van der Waals surface area contributed by atoms with Gasteiger partial charge < -0.3 is 33.8 Å². The number of rotatable bonds is 80. The number of esters is 4. The minimum atomic E-state index is -4.96. The predicted octanol–water partition coefficient (Wildman–Crippen LogP) is 24.0. The van der Waals surface area contributed by atoms with Crippen LogP contribution in [-0.4, -0.2) is 96.7 Å².